The number of hydrogen-bond donors (Lipinski definition) is 1. The van der Waals surface area contributed by atoms with Gasteiger partial charge in [0.2, 0.25) is 5.75 Å². The van der Waals surface area contributed by atoms with Gasteiger partial charge in [0.1, 0.15) is 5.75 Å². The fraction of sp³-hybridized carbons (Fsp3) is 0. The number of rotatable bonds is 4. The fourth-order valence-electron chi connectivity index (χ4n) is 1.56. The van der Waals surface area contributed by atoms with Crippen molar-refractivity contribution in [1.29, 1.82) is 0 Å². The summed E-state index contributed by atoms with van der Waals surface area (Å²) in [6.45, 7) is 0. The van der Waals surface area contributed by atoms with Crippen LogP contribution in [0.2, 0.25) is 10.0 Å². The molecule has 0 aliphatic rings. The van der Waals surface area contributed by atoms with E-state index in [1.807, 2.05) is 0 Å². The molecule has 108 valence electrons. The number of nitro benzene ring substituents is 1. The highest BCUT2D eigenvalue weighted by Crippen LogP contribution is 2.38. The Bertz CT molecular complexity index is 732. The summed E-state index contributed by atoms with van der Waals surface area (Å²) in [6.07, 6.45) is 0. The lowest BCUT2D eigenvalue weighted by molar-refractivity contribution is -0.385. The minimum atomic E-state index is -1.14. The van der Waals surface area contributed by atoms with Gasteiger partial charge in [-0.1, -0.05) is 29.3 Å². The Hall–Kier alpha value is -2.31. The SMILES string of the molecule is O=C(O)c1cccc(Oc2cc(Cl)c(Cl)cc2[N+](=O)[O-])c1. The highest BCUT2D eigenvalue weighted by atomic mass is 35.5. The predicted molar refractivity (Wildman–Crippen MR) is 76.6 cm³/mol. The van der Waals surface area contributed by atoms with Gasteiger partial charge in [0.25, 0.3) is 0 Å². The molecule has 0 fully saturated rings. The van der Waals surface area contributed by atoms with Crippen molar-refractivity contribution in [3.05, 3.63) is 62.1 Å². The lowest BCUT2D eigenvalue weighted by atomic mass is 10.2. The van der Waals surface area contributed by atoms with Crippen molar-refractivity contribution in [2.24, 2.45) is 0 Å². The lowest BCUT2D eigenvalue weighted by Crippen LogP contribution is -1.97. The van der Waals surface area contributed by atoms with Crippen LogP contribution in [0.1, 0.15) is 10.4 Å². The third-order valence-corrected chi connectivity index (χ3v) is 3.23. The Morgan fingerprint density at radius 2 is 1.86 bits per heavy atom. The zero-order valence-electron chi connectivity index (χ0n) is 10.2. The molecule has 0 saturated heterocycles. The second-order valence-corrected chi connectivity index (χ2v) is 4.74. The number of carbonyl (C=O) groups is 1. The summed E-state index contributed by atoms with van der Waals surface area (Å²) in [7, 11) is 0. The second-order valence-electron chi connectivity index (χ2n) is 3.93. The van der Waals surface area contributed by atoms with Crippen LogP contribution in [0.25, 0.3) is 0 Å². The van der Waals surface area contributed by atoms with Gasteiger partial charge in [0, 0.05) is 12.1 Å². The Balaban J connectivity index is 2.43. The number of hydrogen-bond acceptors (Lipinski definition) is 4. The molecule has 0 aliphatic carbocycles. The third-order valence-electron chi connectivity index (χ3n) is 2.51. The Labute approximate surface area is 128 Å². The van der Waals surface area contributed by atoms with E-state index < -0.39 is 10.9 Å². The minimum Gasteiger partial charge on any atom is -0.478 e. The van der Waals surface area contributed by atoms with E-state index in [1.54, 1.807) is 0 Å². The molecule has 6 nitrogen and oxygen atoms in total. The fourth-order valence-corrected chi connectivity index (χ4v) is 1.87. The number of halogens is 2. The van der Waals surface area contributed by atoms with Crippen molar-refractivity contribution in [1.82, 2.24) is 0 Å². The Kier molecular flexibility index (Phi) is 4.30. The highest BCUT2D eigenvalue weighted by Gasteiger charge is 2.19. The van der Waals surface area contributed by atoms with Crippen molar-refractivity contribution < 1.29 is 19.6 Å². The summed E-state index contributed by atoms with van der Waals surface area (Å²) in [5.74, 6) is -1.13. The van der Waals surface area contributed by atoms with Crippen LogP contribution < -0.4 is 4.74 Å². The molecule has 8 heteroatoms. The molecule has 21 heavy (non-hydrogen) atoms. The number of aromatic carboxylic acids is 1. The first-order valence-corrected chi connectivity index (χ1v) is 6.28. The number of carboxylic acids is 1. The molecule has 0 spiro atoms. The normalized spacial score (nSPS) is 10.2. The van der Waals surface area contributed by atoms with Crippen LogP contribution in [-0.2, 0) is 0 Å². The van der Waals surface area contributed by atoms with E-state index in [0.29, 0.717) is 0 Å². The third kappa shape index (κ3) is 3.42. The molecule has 0 unspecified atom stereocenters. The van der Waals surface area contributed by atoms with E-state index in [0.717, 1.165) is 6.07 Å². The van der Waals surface area contributed by atoms with Crippen LogP contribution in [-0.4, -0.2) is 16.0 Å². The molecular formula is C13H7Cl2NO5. The molecule has 2 aromatic carbocycles. The number of ether oxygens (including phenoxy) is 1. The number of nitrogens with zero attached hydrogens (tertiary/aromatic N) is 1. The van der Waals surface area contributed by atoms with E-state index in [9.17, 15) is 14.9 Å². The maximum absolute atomic E-state index is 11.0. The molecule has 0 amide bonds. The van der Waals surface area contributed by atoms with Gasteiger partial charge < -0.3 is 9.84 Å². The molecule has 0 radical (unpaired) electrons. The summed E-state index contributed by atoms with van der Waals surface area (Å²) in [4.78, 5) is 21.2. The second kappa shape index (κ2) is 5.99. The molecule has 0 heterocycles. The van der Waals surface area contributed by atoms with Crippen LogP contribution in [0.5, 0.6) is 11.5 Å². The average molecular weight is 328 g/mol. The van der Waals surface area contributed by atoms with E-state index in [2.05, 4.69) is 0 Å². The summed E-state index contributed by atoms with van der Waals surface area (Å²) in [5.41, 5.74) is -0.375. The molecule has 0 saturated carbocycles. The van der Waals surface area contributed by atoms with Gasteiger partial charge in [-0.2, -0.15) is 0 Å². The van der Waals surface area contributed by atoms with E-state index in [-0.39, 0.29) is 32.8 Å². The predicted octanol–water partition coefficient (Wildman–Crippen LogP) is 4.39. The van der Waals surface area contributed by atoms with Gasteiger partial charge in [0.15, 0.2) is 0 Å². The largest absolute Gasteiger partial charge is 0.478 e. The minimum absolute atomic E-state index is 0.00443. The van der Waals surface area contributed by atoms with Gasteiger partial charge >= 0.3 is 11.7 Å². The first-order valence-electron chi connectivity index (χ1n) is 5.53. The summed E-state index contributed by atoms with van der Waals surface area (Å²) in [6, 6.07) is 7.82. The van der Waals surface area contributed by atoms with Gasteiger partial charge in [-0.05, 0) is 18.2 Å². The van der Waals surface area contributed by atoms with Crippen LogP contribution in [0.4, 0.5) is 5.69 Å². The smallest absolute Gasteiger partial charge is 0.335 e. The molecule has 2 aromatic rings. The Morgan fingerprint density at radius 1 is 1.19 bits per heavy atom. The van der Waals surface area contributed by atoms with E-state index in [1.165, 1.54) is 30.3 Å². The van der Waals surface area contributed by atoms with Crippen molar-refractivity contribution in [2.75, 3.05) is 0 Å². The van der Waals surface area contributed by atoms with E-state index in [4.69, 9.17) is 33.0 Å². The average Bonchev–Trinajstić information content (AvgIpc) is 2.42. The summed E-state index contributed by atoms with van der Waals surface area (Å²) >= 11 is 11.5. The Morgan fingerprint density at radius 3 is 2.48 bits per heavy atom. The summed E-state index contributed by atoms with van der Waals surface area (Å²) in [5, 5.41) is 20.0. The van der Waals surface area contributed by atoms with Crippen LogP contribution >= 0.6 is 23.2 Å². The molecule has 0 atom stereocenters. The van der Waals surface area contributed by atoms with E-state index >= 15 is 0 Å². The van der Waals surface area contributed by atoms with Crippen molar-refractivity contribution >= 4 is 34.9 Å². The number of benzene rings is 2. The van der Waals surface area contributed by atoms with Gasteiger partial charge in [0.05, 0.1) is 20.5 Å². The lowest BCUT2D eigenvalue weighted by Gasteiger charge is -2.08. The van der Waals surface area contributed by atoms with Crippen LogP contribution in [0.15, 0.2) is 36.4 Å². The van der Waals surface area contributed by atoms with Gasteiger partial charge in [-0.25, -0.2) is 4.79 Å². The molecule has 0 aromatic heterocycles. The topological polar surface area (TPSA) is 89.7 Å². The van der Waals surface area contributed by atoms with Gasteiger partial charge in [-0.3, -0.25) is 10.1 Å². The molecule has 0 bridgehead atoms. The quantitative estimate of drug-likeness (QED) is 0.664. The molecule has 0 aliphatic heterocycles. The molecule has 2 rings (SSSR count). The van der Waals surface area contributed by atoms with Crippen molar-refractivity contribution in [3.8, 4) is 11.5 Å². The molecular weight excluding hydrogens is 321 g/mol. The van der Waals surface area contributed by atoms with Gasteiger partial charge in [-0.15, -0.1) is 0 Å². The van der Waals surface area contributed by atoms with Crippen LogP contribution in [0.3, 0.4) is 0 Å². The summed E-state index contributed by atoms with van der Waals surface area (Å²) < 4.78 is 5.35. The standard InChI is InChI=1S/C13H7Cl2NO5/c14-9-5-11(16(19)20)12(6-10(9)15)21-8-3-1-2-7(4-8)13(17)18/h1-6H,(H,17,18). The molecule has 1 N–H and O–H groups in total. The van der Waals surface area contributed by atoms with Crippen molar-refractivity contribution in [3.63, 3.8) is 0 Å². The first-order chi connectivity index (χ1) is 9.88. The monoisotopic (exact) mass is 327 g/mol. The van der Waals surface area contributed by atoms with Crippen molar-refractivity contribution in [2.45, 2.75) is 0 Å². The van der Waals surface area contributed by atoms with Crippen LogP contribution in [0, 0.1) is 10.1 Å². The maximum Gasteiger partial charge on any atom is 0.335 e. The number of carboxylic acid groups (broad SMARTS) is 1. The highest BCUT2D eigenvalue weighted by molar-refractivity contribution is 6.42. The first kappa shape index (κ1) is 15.1. The number of nitro groups is 1. The maximum atomic E-state index is 11.0. The zero-order valence-corrected chi connectivity index (χ0v) is 11.8. The zero-order chi connectivity index (χ0) is 15.6.